The first-order valence-corrected chi connectivity index (χ1v) is 1.93. The molecule has 0 radical (unpaired) electrons. The van der Waals surface area contributed by atoms with Gasteiger partial charge in [0.15, 0.2) is 0 Å². The molecule has 0 aliphatic rings. The third-order valence-corrected chi connectivity index (χ3v) is 0.614. The van der Waals surface area contributed by atoms with E-state index in [0.29, 0.717) is 0 Å². The van der Waals surface area contributed by atoms with Crippen molar-refractivity contribution in [3.63, 3.8) is 0 Å². The normalized spacial score (nSPS) is 6.67. The lowest BCUT2D eigenvalue weighted by molar-refractivity contribution is 1.62. The van der Waals surface area contributed by atoms with Crippen LogP contribution in [0.3, 0.4) is 0 Å². The highest BCUT2D eigenvalue weighted by molar-refractivity contribution is 7.81. The summed E-state index contributed by atoms with van der Waals surface area (Å²) in [6.07, 6.45) is 9.63. The van der Waals surface area contributed by atoms with Gasteiger partial charge in [-0.15, -0.1) is 12.8 Å². The zero-order chi connectivity index (χ0) is 4.99. The summed E-state index contributed by atoms with van der Waals surface area (Å²) >= 11 is 3.76. The zero-order valence-corrected chi connectivity index (χ0v) is 4.07. The molecule has 0 N–H and O–H groups in total. The van der Waals surface area contributed by atoms with E-state index in [9.17, 15) is 0 Å². The number of thiol groups is 1. The van der Waals surface area contributed by atoms with E-state index in [4.69, 9.17) is 12.8 Å². The Kier molecular flexibility index (Phi) is 2.46. The van der Waals surface area contributed by atoms with Gasteiger partial charge in [0.1, 0.15) is 5.25 Å². The Balaban J connectivity index is 3.40. The van der Waals surface area contributed by atoms with Crippen molar-refractivity contribution < 1.29 is 0 Å². The van der Waals surface area contributed by atoms with Gasteiger partial charge < -0.3 is 0 Å². The van der Waals surface area contributed by atoms with E-state index < -0.39 is 0 Å². The van der Waals surface area contributed by atoms with E-state index in [-0.39, 0.29) is 5.25 Å². The van der Waals surface area contributed by atoms with Crippen molar-refractivity contribution >= 4 is 12.6 Å². The molecule has 0 heterocycles. The Hall–Kier alpha value is -0.530. The maximum atomic E-state index is 4.81. The number of hydrogen-bond donors (Lipinski definition) is 1. The molecule has 0 aromatic heterocycles. The van der Waals surface area contributed by atoms with Crippen LogP contribution in [0.5, 0.6) is 0 Å². The molecular weight excluding hydrogens is 92.1 g/mol. The van der Waals surface area contributed by atoms with Gasteiger partial charge in [-0.3, -0.25) is 0 Å². The summed E-state index contributed by atoms with van der Waals surface area (Å²) in [5.41, 5.74) is 0. The average Bonchev–Trinajstić information content (AvgIpc) is 1.65. The van der Waals surface area contributed by atoms with Crippen molar-refractivity contribution in [1.82, 2.24) is 0 Å². The van der Waals surface area contributed by atoms with E-state index in [2.05, 4.69) is 24.5 Å². The quantitative estimate of drug-likeness (QED) is 0.330. The minimum atomic E-state index is -0.315. The number of rotatable bonds is 0. The molecule has 0 amide bonds. The van der Waals surface area contributed by atoms with Gasteiger partial charge in [-0.1, -0.05) is 11.8 Å². The van der Waals surface area contributed by atoms with Crippen LogP contribution in [-0.2, 0) is 0 Å². The average molecular weight is 96.2 g/mol. The van der Waals surface area contributed by atoms with Gasteiger partial charge in [-0.25, -0.2) is 0 Å². The Morgan fingerprint density at radius 1 is 1.33 bits per heavy atom. The molecule has 0 fully saturated rings. The molecule has 0 saturated carbocycles. The molecule has 0 spiro atoms. The molecule has 0 aliphatic carbocycles. The summed E-state index contributed by atoms with van der Waals surface area (Å²) in [6, 6.07) is 0. The largest absolute Gasteiger partial charge is 0.150 e. The summed E-state index contributed by atoms with van der Waals surface area (Å²) < 4.78 is 0. The highest BCUT2D eigenvalue weighted by Crippen LogP contribution is 1.84. The van der Waals surface area contributed by atoms with Crippen molar-refractivity contribution in [2.24, 2.45) is 0 Å². The molecular formula is C5H4S. The number of terminal acetylenes is 2. The Bertz CT molecular complexity index is 88.1. The Labute approximate surface area is 43.4 Å². The molecule has 30 valence electrons. The van der Waals surface area contributed by atoms with Gasteiger partial charge in [0, 0.05) is 0 Å². The zero-order valence-electron chi connectivity index (χ0n) is 3.18. The molecule has 0 aromatic rings. The lowest BCUT2D eigenvalue weighted by Gasteiger charge is -1.80. The monoisotopic (exact) mass is 96.0 g/mol. The van der Waals surface area contributed by atoms with E-state index in [1.807, 2.05) is 0 Å². The molecule has 0 aliphatic heterocycles. The van der Waals surface area contributed by atoms with Gasteiger partial charge in [-0.05, 0) is 0 Å². The van der Waals surface area contributed by atoms with Crippen molar-refractivity contribution in [1.29, 1.82) is 0 Å². The van der Waals surface area contributed by atoms with Crippen molar-refractivity contribution in [2.45, 2.75) is 5.25 Å². The van der Waals surface area contributed by atoms with Gasteiger partial charge in [0.2, 0.25) is 0 Å². The minimum absolute atomic E-state index is 0.315. The van der Waals surface area contributed by atoms with Crippen LogP contribution in [0.1, 0.15) is 0 Å². The van der Waals surface area contributed by atoms with Crippen molar-refractivity contribution in [3.8, 4) is 24.7 Å². The molecule has 0 nitrogen and oxygen atoms in total. The van der Waals surface area contributed by atoms with E-state index in [1.54, 1.807) is 0 Å². The van der Waals surface area contributed by atoms with E-state index >= 15 is 0 Å². The van der Waals surface area contributed by atoms with Gasteiger partial charge in [0.05, 0.1) is 0 Å². The summed E-state index contributed by atoms with van der Waals surface area (Å²) in [6.45, 7) is 0. The van der Waals surface area contributed by atoms with E-state index in [0.717, 1.165) is 0 Å². The predicted molar refractivity (Wildman–Crippen MR) is 30.4 cm³/mol. The lowest BCUT2D eigenvalue weighted by atomic mass is 10.5. The van der Waals surface area contributed by atoms with Crippen LogP contribution in [0.25, 0.3) is 0 Å². The first-order chi connectivity index (χ1) is 2.81. The molecule has 0 aromatic carbocycles. The second kappa shape index (κ2) is 2.69. The lowest BCUT2D eigenvalue weighted by Crippen LogP contribution is -1.82. The molecule has 1 heteroatoms. The van der Waals surface area contributed by atoms with Gasteiger partial charge in [0.25, 0.3) is 0 Å². The highest BCUT2D eigenvalue weighted by Gasteiger charge is 1.81. The Morgan fingerprint density at radius 3 is 1.67 bits per heavy atom. The first-order valence-electron chi connectivity index (χ1n) is 1.41. The SMILES string of the molecule is C#CC(S)C#C. The van der Waals surface area contributed by atoms with Crippen molar-refractivity contribution in [2.75, 3.05) is 0 Å². The van der Waals surface area contributed by atoms with Crippen LogP contribution in [0, 0.1) is 24.7 Å². The second-order valence-electron chi connectivity index (χ2n) is 0.736. The van der Waals surface area contributed by atoms with Crippen LogP contribution in [0.15, 0.2) is 0 Å². The van der Waals surface area contributed by atoms with Crippen LogP contribution < -0.4 is 0 Å². The second-order valence-corrected chi connectivity index (χ2v) is 1.25. The van der Waals surface area contributed by atoms with Crippen LogP contribution in [0.4, 0.5) is 0 Å². The third kappa shape index (κ3) is 1.76. The van der Waals surface area contributed by atoms with Gasteiger partial charge in [-0.2, -0.15) is 12.6 Å². The molecule has 0 saturated heterocycles. The summed E-state index contributed by atoms with van der Waals surface area (Å²) in [5.74, 6) is 4.49. The molecule has 6 heavy (non-hydrogen) atoms. The predicted octanol–water partition coefficient (Wildman–Crippen LogP) is 0.551. The van der Waals surface area contributed by atoms with Crippen molar-refractivity contribution in [3.05, 3.63) is 0 Å². The molecule has 0 rings (SSSR count). The topological polar surface area (TPSA) is 0 Å². The summed E-state index contributed by atoms with van der Waals surface area (Å²) in [7, 11) is 0. The Morgan fingerprint density at radius 2 is 1.67 bits per heavy atom. The summed E-state index contributed by atoms with van der Waals surface area (Å²) in [5, 5.41) is -0.315. The highest BCUT2D eigenvalue weighted by atomic mass is 32.1. The van der Waals surface area contributed by atoms with E-state index in [1.165, 1.54) is 0 Å². The van der Waals surface area contributed by atoms with Crippen LogP contribution >= 0.6 is 12.6 Å². The maximum absolute atomic E-state index is 4.81. The third-order valence-electron chi connectivity index (χ3n) is 0.316. The fraction of sp³-hybridized carbons (Fsp3) is 0.200. The first kappa shape index (κ1) is 5.47. The standard InChI is InChI=1S/C5H4S/c1-3-5(6)4-2/h1-2,5-6H. The smallest absolute Gasteiger partial charge is 0.123 e. The van der Waals surface area contributed by atoms with Crippen LogP contribution in [-0.4, -0.2) is 5.25 Å². The fourth-order valence-corrected chi connectivity index (χ4v) is 0.0481. The molecule has 0 atom stereocenters. The molecule has 0 bridgehead atoms. The minimum Gasteiger partial charge on any atom is -0.150 e. The fourth-order valence-electron chi connectivity index (χ4n) is 0.0481. The number of hydrogen-bond acceptors (Lipinski definition) is 1. The van der Waals surface area contributed by atoms with Crippen LogP contribution in [0.2, 0.25) is 0 Å². The molecule has 0 unspecified atom stereocenters. The van der Waals surface area contributed by atoms with Gasteiger partial charge >= 0.3 is 0 Å². The maximum Gasteiger partial charge on any atom is 0.123 e. The summed E-state index contributed by atoms with van der Waals surface area (Å²) in [4.78, 5) is 0.